The first-order valence-corrected chi connectivity index (χ1v) is 4.52. The number of aliphatic hydroxyl groups is 1. The molecule has 0 saturated carbocycles. The highest BCUT2D eigenvalue weighted by atomic mass is 19.4. The first-order valence-electron chi connectivity index (χ1n) is 4.52. The third-order valence-corrected chi connectivity index (χ3v) is 1.94. The monoisotopic (exact) mass is 266 g/mol. The fourth-order valence-corrected chi connectivity index (χ4v) is 1.23. The standard InChI is InChI=1S/C9H9F3N2O4/c10-9(11,12)18-4-1-2-6(14-13)5(3-4)7(15)8(16)17/h1-3,7,14-15H,13H2,(H,16,17). The lowest BCUT2D eigenvalue weighted by Gasteiger charge is -2.15. The lowest BCUT2D eigenvalue weighted by molar-refractivity contribution is -0.274. The average Bonchev–Trinajstić information content (AvgIpc) is 2.25. The maximum absolute atomic E-state index is 12.0. The molecule has 5 N–H and O–H groups in total. The molecule has 0 aliphatic heterocycles. The molecule has 18 heavy (non-hydrogen) atoms. The van der Waals surface area contributed by atoms with Crippen LogP contribution >= 0.6 is 0 Å². The van der Waals surface area contributed by atoms with Crippen molar-refractivity contribution < 1.29 is 32.9 Å². The van der Waals surface area contributed by atoms with Crippen LogP contribution < -0.4 is 16.0 Å². The van der Waals surface area contributed by atoms with Crippen LogP contribution in [0.25, 0.3) is 0 Å². The third kappa shape index (κ3) is 3.50. The molecule has 6 nitrogen and oxygen atoms in total. The molecule has 0 spiro atoms. The maximum atomic E-state index is 12.0. The summed E-state index contributed by atoms with van der Waals surface area (Å²) < 4.78 is 39.5. The average molecular weight is 266 g/mol. The van der Waals surface area contributed by atoms with Crippen molar-refractivity contribution in [3.63, 3.8) is 0 Å². The molecule has 0 aliphatic carbocycles. The summed E-state index contributed by atoms with van der Waals surface area (Å²) in [6.45, 7) is 0. The van der Waals surface area contributed by atoms with Crippen molar-refractivity contribution in [2.45, 2.75) is 12.5 Å². The SMILES string of the molecule is NNc1ccc(OC(F)(F)F)cc1C(O)C(=O)O. The van der Waals surface area contributed by atoms with Gasteiger partial charge in [0.2, 0.25) is 0 Å². The number of carboxylic acid groups (broad SMARTS) is 1. The number of aliphatic hydroxyl groups excluding tert-OH is 1. The zero-order valence-corrected chi connectivity index (χ0v) is 8.73. The Kier molecular flexibility index (Phi) is 3.99. The molecule has 1 aromatic carbocycles. The third-order valence-electron chi connectivity index (χ3n) is 1.94. The van der Waals surface area contributed by atoms with Gasteiger partial charge in [-0.05, 0) is 18.2 Å². The molecular weight excluding hydrogens is 257 g/mol. The van der Waals surface area contributed by atoms with Gasteiger partial charge in [-0.3, -0.25) is 5.84 Å². The zero-order chi connectivity index (χ0) is 13.9. The normalized spacial score (nSPS) is 12.9. The van der Waals surface area contributed by atoms with Crippen LogP contribution in [0.1, 0.15) is 11.7 Å². The van der Waals surface area contributed by atoms with Gasteiger partial charge in [-0.15, -0.1) is 13.2 Å². The second-order valence-corrected chi connectivity index (χ2v) is 3.18. The van der Waals surface area contributed by atoms with Crippen molar-refractivity contribution in [3.05, 3.63) is 23.8 Å². The fourth-order valence-electron chi connectivity index (χ4n) is 1.23. The predicted molar refractivity (Wildman–Crippen MR) is 53.5 cm³/mol. The highest BCUT2D eigenvalue weighted by Gasteiger charge is 2.32. The van der Waals surface area contributed by atoms with Crippen LogP contribution in [-0.2, 0) is 4.79 Å². The number of nitrogens with two attached hydrogens (primary N) is 1. The van der Waals surface area contributed by atoms with Crippen LogP contribution in [0.2, 0.25) is 0 Å². The molecule has 100 valence electrons. The van der Waals surface area contributed by atoms with Gasteiger partial charge in [0.15, 0.2) is 6.10 Å². The van der Waals surface area contributed by atoms with Crippen LogP contribution in [0.5, 0.6) is 5.75 Å². The quantitative estimate of drug-likeness (QED) is 0.478. The minimum atomic E-state index is -4.91. The number of ether oxygens (including phenoxy) is 1. The Morgan fingerprint density at radius 2 is 2.06 bits per heavy atom. The Morgan fingerprint density at radius 3 is 2.50 bits per heavy atom. The van der Waals surface area contributed by atoms with Gasteiger partial charge in [0.05, 0.1) is 5.69 Å². The van der Waals surface area contributed by atoms with E-state index in [0.717, 1.165) is 18.2 Å². The molecule has 1 rings (SSSR count). The van der Waals surface area contributed by atoms with Crippen molar-refractivity contribution in [1.29, 1.82) is 0 Å². The van der Waals surface area contributed by atoms with Gasteiger partial charge in [0.1, 0.15) is 5.75 Å². The largest absolute Gasteiger partial charge is 0.573 e. The lowest BCUT2D eigenvalue weighted by Crippen LogP contribution is -2.19. The maximum Gasteiger partial charge on any atom is 0.573 e. The first kappa shape index (κ1) is 14.1. The van der Waals surface area contributed by atoms with E-state index in [0.29, 0.717) is 0 Å². The minimum absolute atomic E-state index is 0.0283. The summed E-state index contributed by atoms with van der Waals surface area (Å²) >= 11 is 0. The molecule has 0 amide bonds. The van der Waals surface area contributed by atoms with E-state index in [1.54, 1.807) is 0 Å². The Balaban J connectivity index is 3.13. The smallest absolute Gasteiger partial charge is 0.479 e. The summed E-state index contributed by atoms with van der Waals surface area (Å²) in [6.07, 6.45) is -6.93. The number of rotatable bonds is 4. The second-order valence-electron chi connectivity index (χ2n) is 3.18. The van der Waals surface area contributed by atoms with Crippen LogP contribution in [0.4, 0.5) is 18.9 Å². The molecule has 9 heteroatoms. The summed E-state index contributed by atoms with van der Waals surface area (Å²) in [5.41, 5.74) is 1.69. The highest BCUT2D eigenvalue weighted by molar-refractivity contribution is 5.77. The highest BCUT2D eigenvalue weighted by Crippen LogP contribution is 2.30. The number of aliphatic carboxylic acids is 1. The Labute approximate surface area is 98.7 Å². The van der Waals surface area contributed by atoms with Crippen molar-refractivity contribution in [2.24, 2.45) is 5.84 Å². The number of carboxylic acids is 1. The van der Waals surface area contributed by atoms with E-state index in [9.17, 15) is 23.1 Å². The molecule has 0 aromatic heterocycles. The second kappa shape index (κ2) is 5.10. The molecule has 0 fully saturated rings. The molecule has 0 saturated heterocycles. The van der Waals surface area contributed by atoms with E-state index in [1.807, 2.05) is 0 Å². The van der Waals surface area contributed by atoms with E-state index in [2.05, 4.69) is 10.2 Å². The van der Waals surface area contributed by atoms with Crippen molar-refractivity contribution >= 4 is 11.7 Å². The topological polar surface area (TPSA) is 105 Å². The van der Waals surface area contributed by atoms with E-state index < -0.39 is 24.2 Å². The minimum Gasteiger partial charge on any atom is -0.479 e. The van der Waals surface area contributed by atoms with Gasteiger partial charge in [0.25, 0.3) is 0 Å². The van der Waals surface area contributed by atoms with Crippen LogP contribution in [0.3, 0.4) is 0 Å². The molecule has 0 heterocycles. The summed E-state index contributed by atoms with van der Waals surface area (Å²) in [6, 6.07) is 2.73. The zero-order valence-electron chi connectivity index (χ0n) is 8.73. The Hall–Kier alpha value is -2.00. The number of anilines is 1. The number of nitrogens with one attached hydrogen (secondary N) is 1. The predicted octanol–water partition coefficient (Wildman–Crippen LogP) is 0.989. The summed E-state index contributed by atoms with van der Waals surface area (Å²) in [7, 11) is 0. The van der Waals surface area contributed by atoms with Gasteiger partial charge in [-0.1, -0.05) is 0 Å². The number of hydrazine groups is 1. The molecule has 0 bridgehead atoms. The van der Waals surface area contributed by atoms with E-state index in [-0.39, 0.29) is 11.3 Å². The lowest BCUT2D eigenvalue weighted by atomic mass is 10.1. The van der Waals surface area contributed by atoms with Crippen LogP contribution in [-0.4, -0.2) is 22.5 Å². The number of hydrogen-bond acceptors (Lipinski definition) is 5. The molecule has 1 aromatic rings. The van der Waals surface area contributed by atoms with Gasteiger partial charge < -0.3 is 20.4 Å². The van der Waals surface area contributed by atoms with E-state index in [4.69, 9.17) is 10.9 Å². The van der Waals surface area contributed by atoms with Crippen molar-refractivity contribution in [1.82, 2.24) is 0 Å². The van der Waals surface area contributed by atoms with Crippen molar-refractivity contribution in [3.8, 4) is 5.75 Å². The van der Waals surface area contributed by atoms with Gasteiger partial charge in [-0.25, -0.2) is 4.79 Å². The van der Waals surface area contributed by atoms with Crippen molar-refractivity contribution in [2.75, 3.05) is 5.43 Å². The summed E-state index contributed by atoms with van der Waals surface area (Å²) in [5, 5.41) is 17.9. The number of carbonyl (C=O) groups is 1. The Bertz CT molecular complexity index is 450. The molecule has 0 aliphatic rings. The van der Waals surface area contributed by atoms with Gasteiger partial charge >= 0.3 is 12.3 Å². The molecule has 1 unspecified atom stereocenters. The molecule has 1 atom stereocenters. The van der Waals surface area contributed by atoms with Crippen LogP contribution in [0.15, 0.2) is 18.2 Å². The number of alkyl halides is 3. The summed E-state index contributed by atoms with van der Waals surface area (Å²) in [5.74, 6) is 2.76. The molecular formula is C9H9F3N2O4. The van der Waals surface area contributed by atoms with E-state index in [1.165, 1.54) is 0 Å². The number of nitrogen functional groups attached to an aromatic ring is 1. The number of benzene rings is 1. The Morgan fingerprint density at radius 1 is 1.44 bits per heavy atom. The summed E-state index contributed by atoms with van der Waals surface area (Å²) in [4.78, 5) is 10.6. The van der Waals surface area contributed by atoms with Gasteiger partial charge in [-0.2, -0.15) is 0 Å². The van der Waals surface area contributed by atoms with Gasteiger partial charge in [0, 0.05) is 5.56 Å². The number of hydrogen-bond donors (Lipinski definition) is 4. The first-order chi connectivity index (χ1) is 8.24. The van der Waals surface area contributed by atoms with E-state index >= 15 is 0 Å². The fraction of sp³-hybridized carbons (Fsp3) is 0.222. The molecule has 0 radical (unpaired) electrons. The number of halogens is 3. The van der Waals surface area contributed by atoms with Crippen LogP contribution in [0, 0.1) is 0 Å².